The number of amides is 1. The van der Waals surface area contributed by atoms with Crippen molar-refractivity contribution < 1.29 is 4.79 Å². The fourth-order valence-electron chi connectivity index (χ4n) is 3.98. The summed E-state index contributed by atoms with van der Waals surface area (Å²) in [5, 5.41) is 0. The first-order valence-corrected chi connectivity index (χ1v) is 9.61. The molecule has 0 aromatic heterocycles. The fraction of sp³-hybridized carbons (Fsp3) is 0.650. The van der Waals surface area contributed by atoms with Gasteiger partial charge < -0.3 is 15.5 Å². The van der Waals surface area contributed by atoms with Gasteiger partial charge in [-0.1, -0.05) is 30.3 Å². The lowest BCUT2D eigenvalue weighted by Crippen LogP contribution is -2.51. The first kappa shape index (κ1) is 18.4. The van der Waals surface area contributed by atoms with Gasteiger partial charge in [0.2, 0.25) is 5.91 Å². The number of nitrogens with zero attached hydrogens (tertiary/aromatic N) is 3. The smallest absolute Gasteiger partial charge is 0.225 e. The molecule has 0 bridgehead atoms. The highest BCUT2D eigenvalue weighted by Crippen LogP contribution is 2.26. The van der Waals surface area contributed by atoms with Crippen LogP contribution in [-0.4, -0.2) is 73.0 Å². The molecule has 2 atom stereocenters. The van der Waals surface area contributed by atoms with Crippen LogP contribution in [-0.2, 0) is 11.3 Å². The Morgan fingerprint density at radius 1 is 1.16 bits per heavy atom. The molecule has 1 saturated heterocycles. The van der Waals surface area contributed by atoms with Gasteiger partial charge in [0.25, 0.3) is 0 Å². The van der Waals surface area contributed by atoms with E-state index < -0.39 is 0 Å². The summed E-state index contributed by atoms with van der Waals surface area (Å²) >= 11 is 0. The molecule has 2 fully saturated rings. The van der Waals surface area contributed by atoms with E-state index in [4.69, 9.17) is 5.73 Å². The topological polar surface area (TPSA) is 52.8 Å². The van der Waals surface area contributed by atoms with E-state index >= 15 is 0 Å². The van der Waals surface area contributed by atoms with Gasteiger partial charge in [0.1, 0.15) is 0 Å². The van der Waals surface area contributed by atoms with Crippen LogP contribution in [0.1, 0.15) is 24.8 Å². The molecule has 2 N–H and O–H groups in total. The van der Waals surface area contributed by atoms with Gasteiger partial charge in [-0.25, -0.2) is 0 Å². The Hall–Kier alpha value is -1.43. The molecule has 2 unspecified atom stereocenters. The molecule has 25 heavy (non-hydrogen) atoms. The maximum Gasteiger partial charge on any atom is 0.225 e. The fourth-order valence-corrected chi connectivity index (χ4v) is 3.98. The molecule has 1 aromatic rings. The normalized spacial score (nSPS) is 24.8. The molecule has 0 spiro atoms. The van der Waals surface area contributed by atoms with Crippen LogP contribution in [0.15, 0.2) is 30.3 Å². The molecule has 1 amide bonds. The van der Waals surface area contributed by atoms with E-state index in [1.54, 1.807) is 0 Å². The van der Waals surface area contributed by atoms with Gasteiger partial charge in [-0.3, -0.25) is 9.69 Å². The highest BCUT2D eigenvalue weighted by molar-refractivity contribution is 5.79. The second-order valence-corrected chi connectivity index (χ2v) is 7.66. The standard InChI is InChI=1S/C20H32N4O/c1-22(16-17-5-3-2-4-6-17)9-10-23-11-13-24(14-12-23)20(25)18-7-8-19(21)15-18/h2-6,18-19H,7-16,21H2,1H3. The minimum absolute atomic E-state index is 0.179. The van der Waals surface area contributed by atoms with Crippen LogP contribution in [0.5, 0.6) is 0 Å². The van der Waals surface area contributed by atoms with Crippen LogP contribution in [0.25, 0.3) is 0 Å². The van der Waals surface area contributed by atoms with Gasteiger partial charge in [0.15, 0.2) is 0 Å². The average molecular weight is 345 g/mol. The van der Waals surface area contributed by atoms with Gasteiger partial charge >= 0.3 is 0 Å². The van der Waals surface area contributed by atoms with Crippen molar-refractivity contribution in [3.63, 3.8) is 0 Å². The number of hydrogen-bond donors (Lipinski definition) is 1. The number of hydrogen-bond acceptors (Lipinski definition) is 4. The Morgan fingerprint density at radius 3 is 2.52 bits per heavy atom. The van der Waals surface area contributed by atoms with Gasteiger partial charge in [0.05, 0.1) is 0 Å². The minimum atomic E-state index is 0.179. The molecular formula is C20H32N4O. The summed E-state index contributed by atoms with van der Waals surface area (Å²) in [6, 6.07) is 10.8. The van der Waals surface area contributed by atoms with Gasteiger partial charge in [-0.2, -0.15) is 0 Å². The predicted octanol–water partition coefficient (Wildman–Crippen LogP) is 1.39. The lowest BCUT2D eigenvalue weighted by atomic mass is 10.1. The summed E-state index contributed by atoms with van der Waals surface area (Å²) in [4.78, 5) is 19.5. The van der Waals surface area contributed by atoms with Crippen LogP contribution in [0.4, 0.5) is 0 Å². The summed E-state index contributed by atoms with van der Waals surface area (Å²) < 4.78 is 0. The third kappa shape index (κ3) is 5.27. The summed E-state index contributed by atoms with van der Waals surface area (Å²) in [5.41, 5.74) is 7.31. The SMILES string of the molecule is CN(CCN1CCN(C(=O)C2CCC(N)C2)CC1)Cc1ccccc1. The molecule has 5 heteroatoms. The third-order valence-electron chi connectivity index (χ3n) is 5.60. The second-order valence-electron chi connectivity index (χ2n) is 7.66. The Kier molecular flexibility index (Phi) is 6.45. The average Bonchev–Trinajstić information content (AvgIpc) is 3.07. The van der Waals surface area contributed by atoms with Crippen LogP contribution in [0.2, 0.25) is 0 Å². The van der Waals surface area contributed by atoms with Gasteiger partial charge in [-0.05, 0) is 31.9 Å². The molecule has 1 aliphatic heterocycles. The van der Waals surface area contributed by atoms with Crippen molar-refractivity contribution in [2.24, 2.45) is 11.7 Å². The Labute approximate surface area is 151 Å². The number of piperazine rings is 1. The largest absolute Gasteiger partial charge is 0.340 e. The molecule has 1 saturated carbocycles. The monoisotopic (exact) mass is 344 g/mol. The summed E-state index contributed by atoms with van der Waals surface area (Å²) in [6.45, 7) is 6.83. The van der Waals surface area contributed by atoms with Crippen molar-refractivity contribution in [1.29, 1.82) is 0 Å². The minimum Gasteiger partial charge on any atom is -0.340 e. The zero-order chi connectivity index (χ0) is 17.6. The first-order valence-electron chi connectivity index (χ1n) is 9.61. The van der Waals surface area contributed by atoms with E-state index in [-0.39, 0.29) is 12.0 Å². The lowest BCUT2D eigenvalue weighted by molar-refractivity contribution is -0.137. The number of carbonyl (C=O) groups is 1. The van der Waals surface area contributed by atoms with E-state index in [0.29, 0.717) is 5.91 Å². The van der Waals surface area contributed by atoms with Crippen LogP contribution in [0.3, 0.4) is 0 Å². The third-order valence-corrected chi connectivity index (χ3v) is 5.60. The zero-order valence-corrected chi connectivity index (χ0v) is 15.4. The van der Waals surface area contributed by atoms with Gasteiger partial charge in [-0.15, -0.1) is 0 Å². The molecule has 0 radical (unpaired) electrons. The predicted molar refractivity (Wildman–Crippen MR) is 101 cm³/mol. The van der Waals surface area contributed by atoms with Crippen molar-refractivity contribution in [3.05, 3.63) is 35.9 Å². The summed E-state index contributed by atoms with van der Waals surface area (Å²) in [5.74, 6) is 0.521. The van der Waals surface area contributed by atoms with Crippen molar-refractivity contribution in [3.8, 4) is 0 Å². The Balaban J connectivity index is 1.35. The number of carbonyl (C=O) groups excluding carboxylic acids is 1. The van der Waals surface area contributed by atoms with E-state index in [0.717, 1.165) is 65.1 Å². The molecule has 2 aliphatic rings. The molecule has 1 heterocycles. The summed E-state index contributed by atoms with van der Waals surface area (Å²) in [7, 11) is 2.18. The number of rotatable bonds is 6. The van der Waals surface area contributed by atoms with Crippen LogP contribution in [0, 0.1) is 5.92 Å². The molecular weight excluding hydrogens is 312 g/mol. The summed E-state index contributed by atoms with van der Waals surface area (Å²) in [6.07, 6.45) is 2.86. The molecule has 1 aromatic carbocycles. The maximum atomic E-state index is 12.6. The van der Waals surface area contributed by atoms with Crippen LogP contribution >= 0.6 is 0 Å². The van der Waals surface area contributed by atoms with Crippen molar-refractivity contribution in [2.45, 2.75) is 31.8 Å². The maximum absolute atomic E-state index is 12.6. The highest BCUT2D eigenvalue weighted by Gasteiger charge is 2.32. The molecule has 138 valence electrons. The number of benzene rings is 1. The molecule has 1 aliphatic carbocycles. The van der Waals surface area contributed by atoms with E-state index in [2.05, 4.69) is 52.1 Å². The van der Waals surface area contributed by atoms with Crippen molar-refractivity contribution in [2.75, 3.05) is 46.3 Å². The van der Waals surface area contributed by atoms with Gasteiger partial charge in [0, 0.05) is 57.8 Å². The Morgan fingerprint density at radius 2 is 1.88 bits per heavy atom. The van der Waals surface area contributed by atoms with E-state index in [9.17, 15) is 4.79 Å². The van der Waals surface area contributed by atoms with E-state index in [1.807, 2.05) is 0 Å². The zero-order valence-electron chi connectivity index (χ0n) is 15.4. The highest BCUT2D eigenvalue weighted by atomic mass is 16.2. The van der Waals surface area contributed by atoms with Crippen molar-refractivity contribution >= 4 is 5.91 Å². The number of likely N-dealkylation sites (N-methyl/N-ethyl adjacent to an activating group) is 1. The number of nitrogens with two attached hydrogens (primary N) is 1. The van der Waals surface area contributed by atoms with E-state index in [1.165, 1.54) is 5.56 Å². The molecule has 3 rings (SSSR count). The first-order chi connectivity index (χ1) is 12.1. The second kappa shape index (κ2) is 8.79. The van der Waals surface area contributed by atoms with Crippen molar-refractivity contribution in [1.82, 2.24) is 14.7 Å². The van der Waals surface area contributed by atoms with Crippen LogP contribution < -0.4 is 5.73 Å². The quantitative estimate of drug-likeness (QED) is 0.847. The Bertz CT molecular complexity index is 542. The molecule has 5 nitrogen and oxygen atoms in total. The lowest BCUT2D eigenvalue weighted by Gasteiger charge is -2.36.